The Bertz CT molecular complexity index is 448. The van der Waals surface area contributed by atoms with Crippen LogP contribution in [0, 0.1) is 0 Å². The van der Waals surface area contributed by atoms with Crippen molar-refractivity contribution in [3.8, 4) is 0 Å². The fraction of sp³-hybridized carbons (Fsp3) is 0.500. The van der Waals surface area contributed by atoms with Crippen LogP contribution in [0.5, 0.6) is 0 Å². The molecule has 0 bridgehead atoms. The number of amides is 1. The summed E-state index contributed by atoms with van der Waals surface area (Å²) < 4.78 is 37.1. The fourth-order valence-corrected chi connectivity index (χ4v) is 1.84. The molecule has 1 aromatic heterocycles. The molecule has 98 valence electrons. The summed E-state index contributed by atoms with van der Waals surface area (Å²) in [6.45, 7) is 0. The van der Waals surface area contributed by atoms with Gasteiger partial charge in [0.15, 0.2) is 5.16 Å². The number of nitrogens with one attached hydrogen (secondary N) is 1. The molecule has 1 N–H and O–H groups in total. The summed E-state index contributed by atoms with van der Waals surface area (Å²) in [5.41, 5.74) is -0.998. The molecule has 0 spiro atoms. The van der Waals surface area contributed by atoms with Crippen LogP contribution in [0.25, 0.3) is 0 Å². The van der Waals surface area contributed by atoms with Gasteiger partial charge in [0.2, 0.25) is 5.91 Å². The van der Waals surface area contributed by atoms with Crippen LogP contribution in [0.15, 0.2) is 17.4 Å². The first-order chi connectivity index (χ1) is 8.45. The number of hydrogen-bond acceptors (Lipinski definition) is 4. The lowest BCUT2D eigenvalue weighted by atomic mass is 10.4. The van der Waals surface area contributed by atoms with Crippen molar-refractivity contribution in [3.05, 3.63) is 18.0 Å². The van der Waals surface area contributed by atoms with Crippen LogP contribution in [0.1, 0.15) is 18.5 Å². The quantitative estimate of drug-likeness (QED) is 0.674. The molecule has 1 fully saturated rings. The summed E-state index contributed by atoms with van der Waals surface area (Å²) in [6, 6.07) is 1.04. The molecule has 0 saturated heterocycles. The first kappa shape index (κ1) is 13.1. The standard InChI is InChI=1S/C10H10F3N3OS/c11-10(12,13)7-3-4-14-9(16-7)18-5-8(17)15-6-1-2-6/h3-4,6H,1-2,5H2,(H,15,17). The highest BCUT2D eigenvalue weighted by Crippen LogP contribution is 2.28. The predicted molar refractivity (Wildman–Crippen MR) is 58.9 cm³/mol. The monoisotopic (exact) mass is 277 g/mol. The van der Waals surface area contributed by atoms with Gasteiger partial charge in [-0.15, -0.1) is 0 Å². The third-order valence-corrected chi connectivity index (χ3v) is 3.06. The zero-order valence-corrected chi connectivity index (χ0v) is 10.0. The molecule has 1 saturated carbocycles. The number of aromatic nitrogens is 2. The van der Waals surface area contributed by atoms with E-state index in [1.807, 2.05) is 0 Å². The Morgan fingerprint density at radius 1 is 1.50 bits per heavy atom. The van der Waals surface area contributed by atoms with Crippen LogP contribution in [0.2, 0.25) is 0 Å². The lowest BCUT2D eigenvalue weighted by Gasteiger charge is -2.06. The third-order valence-electron chi connectivity index (χ3n) is 2.20. The van der Waals surface area contributed by atoms with E-state index >= 15 is 0 Å². The average molecular weight is 277 g/mol. The summed E-state index contributed by atoms with van der Waals surface area (Å²) in [6.07, 6.45) is -1.52. The molecule has 8 heteroatoms. The lowest BCUT2D eigenvalue weighted by molar-refractivity contribution is -0.141. The van der Waals surface area contributed by atoms with Crippen molar-refractivity contribution in [1.29, 1.82) is 0 Å². The van der Waals surface area contributed by atoms with E-state index in [-0.39, 0.29) is 22.9 Å². The number of thioether (sulfide) groups is 1. The summed E-state index contributed by atoms with van der Waals surface area (Å²) in [7, 11) is 0. The topological polar surface area (TPSA) is 54.9 Å². The third kappa shape index (κ3) is 3.86. The molecule has 1 aromatic rings. The molecular formula is C10H10F3N3OS. The van der Waals surface area contributed by atoms with Crippen LogP contribution < -0.4 is 5.32 Å². The maximum absolute atomic E-state index is 12.4. The van der Waals surface area contributed by atoms with Gasteiger partial charge in [-0.05, 0) is 18.9 Å². The highest BCUT2D eigenvalue weighted by molar-refractivity contribution is 7.99. The van der Waals surface area contributed by atoms with E-state index < -0.39 is 11.9 Å². The van der Waals surface area contributed by atoms with Crippen molar-refractivity contribution in [1.82, 2.24) is 15.3 Å². The van der Waals surface area contributed by atoms with Crippen LogP contribution in [-0.4, -0.2) is 27.7 Å². The van der Waals surface area contributed by atoms with E-state index in [4.69, 9.17) is 0 Å². The van der Waals surface area contributed by atoms with E-state index in [9.17, 15) is 18.0 Å². The number of nitrogens with zero attached hydrogens (tertiary/aromatic N) is 2. The van der Waals surface area contributed by atoms with Gasteiger partial charge in [-0.3, -0.25) is 4.79 Å². The first-order valence-electron chi connectivity index (χ1n) is 5.27. The zero-order valence-electron chi connectivity index (χ0n) is 9.20. The smallest absolute Gasteiger partial charge is 0.353 e. The molecule has 1 heterocycles. The molecule has 0 aromatic carbocycles. The van der Waals surface area contributed by atoms with E-state index in [0.29, 0.717) is 0 Å². The van der Waals surface area contributed by atoms with Crippen LogP contribution >= 0.6 is 11.8 Å². The summed E-state index contributed by atoms with van der Waals surface area (Å²) in [5, 5.41) is 2.69. The number of alkyl halides is 3. The molecule has 1 amide bonds. The minimum Gasteiger partial charge on any atom is -0.353 e. The molecule has 0 radical (unpaired) electrons. The van der Waals surface area contributed by atoms with Gasteiger partial charge in [0.05, 0.1) is 5.75 Å². The van der Waals surface area contributed by atoms with Gasteiger partial charge in [-0.25, -0.2) is 9.97 Å². The number of carbonyl (C=O) groups is 1. The Labute approximate surface area is 105 Å². The summed E-state index contributed by atoms with van der Waals surface area (Å²) >= 11 is 0.894. The molecule has 2 rings (SSSR count). The zero-order chi connectivity index (χ0) is 13.2. The Morgan fingerprint density at radius 3 is 2.83 bits per heavy atom. The fourth-order valence-electron chi connectivity index (χ4n) is 1.20. The molecule has 4 nitrogen and oxygen atoms in total. The molecule has 18 heavy (non-hydrogen) atoms. The second-order valence-electron chi connectivity index (χ2n) is 3.85. The molecular weight excluding hydrogens is 267 g/mol. The molecule has 0 unspecified atom stereocenters. The van der Waals surface area contributed by atoms with Gasteiger partial charge in [0.1, 0.15) is 5.69 Å². The normalized spacial score (nSPS) is 15.5. The Balaban J connectivity index is 1.90. The largest absolute Gasteiger partial charge is 0.433 e. The molecule has 1 aliphatic rings. The van der Waals surface area contributed by atoms with Crippen molar-refractivity contribution in [2.24, 2.45) is 0 Å². The van der Waals surface area contributed by atoms with Crippen molar-refractivity contribution >= 4 is 17.7 Å². The minimum absolute atomic E-state index is 0.0256. The Kier molecular flexibility index (Phi) is 3.74. The van der Waals surface area contributed by atoms with E-state index in [2.05, 4.69) is 15.3 Å². The average Bonchev–Trinajstić information content (AvgIpc) is 3.10. The lowest BCUT2D eigenvalue weighted by Crippen LogP contribution is -2.27. The van der Waals surface area contributed by atoms with Gasteiger partial charge in [-0.2, -0.15) is 13.2 Å². The van der Waals surface area contributed by atoms with Crippen LogP contribution in [0.3, 0.4) is 0 Å². The van der Waals surface area contributed by atoms with E-state index in [1.54, 1.807) is 0 Å². The summed E-state index contributed by atoms with van der Waals surface area (Å²) in [4.78, 5) is 18.4. The van der Waals surface area contributed by atoms with Crippen molar-refractivity contribution < 1.29 is 18.0 Å². The number of carbonyl (C=O) groups excluding carboxylic acids is 1. The maximum atomic E-state index is 12.4. The molecule has 0 aliphatic heterocycles. The minimum atomic E-state index is -4.49. The highest BCUT2D eigenvalue weighted by atomic mass is 32.2. The number of rotatable bonds is 4. The first-order valence-corrected chi connectivity index (χ1v) is 6.26. The second-order valence-corrected chi connectivity index (χ2v) is 4.80. The van der Waals surface area contributed by atoms with Gasteiger partial charge in [0, 0.05) is 12.2 Å². The molecule has 1 aliphatic carbocycles. The second kappa shape index (κ2) is 5.13. The van der Waals surface area contributed by atoms with Gasteiger partial charge in [0.25, 0.3) is 0 Å². The Morgan fingerprint density at radius 2 is 2.22 bits per heavy atom. The number of halogens is 3. The van der Waals surface area contributed by atoms with Crippen LogP contribution in [-0.2, 0) is 11.0 Å². The van der Waals surface area contributed by atoms with Crippen molar-refractivity contribution in [2.45, 2.75) is 30.2 Å². The van der Waals surface area contributed by atoms with Crippen molar-refractivity contribution in [3.63, 3.8) is 0 Å². The van der Waals surface area contributed by atoms with E-state index in [1.165, 1.54) is 0 Å². The van der Waals surface area contributed by atoms with Gasteiger partial charge < -0.3 is 5.32 Å². The SMILES string of the molecule is O=C(CSc1nccc(C(F)(F)F)n1)NC1CC1. The Hall–Kier alpha value is -1.31. The molecule has 0 atom stereocenters. The predicted octanol–water partition coefficient (Wildman–Crippen LogP) is 1.87. The van der Waals surface area contributed by atoms with Gasteiger partial charge in [-0.1, -0.05) is 11.8 Å². The van der Waals surface area contributed by atoms with Gasteiger partial charge >= 0.3 is 6.18 Å². The van der Waals surface area contributed by atoms with Crippen molar-refractivity contribution in [2.75, 3.05) is 5.75 Å². The van der Waals surface area contributed by atoms with E-state index in [0.717, 1.165) is 36.9 Å². The summed E-state index contributed by atoms with van der Waals surface area (Å²) in [5.74, 6) is -0.179. The maximum Gasteiger partial charge on any atom is 0.433 e. The van der Waals surface area contributed by atoms with Crippen LogP contribution in [0.4, 0.5) is 13.2 Å². The number of hydrogen-bond donors (Lipinski definition) is 1. The highest BCUT2D eigenvalue weighted by Gasteiger charge is 2.32.